The van der Waals surface area contributed by atoms with Crippen molar-refractivity contribution in [1.82, 2.24) is 8.80 Å². The Bertz CT molecular complexity index is 5920. The molecule has 0 aliphatic rings. The monoisotopic (exact) mass is 1200 g/mol. The maximum absolute atomic E-state index is 7.49. The molecule has 21 aromatic rings. The molecule has 0 aliphatic carbocycles. The number of thiophene rings is 4. The van der Waals surface area contributed by atoms with E-state index in [-0.39, 0.29) is 0 Å². The van der Waals surface area contributed by atoms with Crippen molar-refractivity contribution in [3.05, 3.63) is 243 Å². The van der Waals surface area contributed by atoms with E-state index < -0.39 is 0 Å². The van der Waals surface area contributed by atoms with Crippen LogP contribution in [0.1, 0.15) is 0 Å². The van der Waals surface area contributed by atoms with Gasteiger partial charge in [-0.25, -0.2) is 0 Å². The number of hydrogen-bond acceptors (Lipinski definition) is 8. The lowest BCUT2D eigenvalue weighted by Gasteiger charge is -2.19. The molecule has 0 bridgehead atoms. The molecule has 0 fully saturated rings. The van der Waals surface area contributed by atoms with Crippen molar-refractivity contribution in [2.24, 2.45) is 0 Å². The van der Waals surface area contributed by atoms with Gasteiger partial charge >= 0.3 is 0 Å². The van der Waals surface area contributed by atoms with Gasteiger partial charge in [-0.3, -0.25) is 8.80 Å². The van der Waals surface area contributed by atoms with Gasteiger partial charge < -0.3 is 17.7 Å². The van der Waals surface area contributed by atoms with Crippen LogP contribution in [0.3, 0.4) is 0 Å². The van der Waals surface area contributed by atoms with Crippen LogP contribution in [0.25, 0.3) is 203 Å². The Morgan fingerprint density at radius 1 is 0.205 bits per heavy atom. The van der Waals surface area contributed by atoms with Crippen molar-refractivity contribution in [2.75, 3.05) is 0 Å². The molecular weight excluding hydrogens is 1160 g/mol. The molecule has 8 heterocycles. The van der Waals surface area contributed by atoms with Crippen molar-refractivity contribution in [3.63, 3.8) is 0 Å². The molecule has 10 heteroatoms. The van der Waals surface area contributed by atoms with Crippen molar-refractivity contribution in [1.29, 1.82) is 0 Å². The molecule has 88 heavy (non-hydrogen) atoms. The molecule has 0 radical (unpaired) electrons. The first kappa shape index (κ1) is 47.7. The normalized spacial score (nSPS) is 12.5. The summed E-state index contributed by atoms with van der Waals surface area (Å²) in [5.41, 5.74) is 18.4. The van der Waals surface area contributed by atoms with Crippen molar-refractivity contribution >= 4 is 204 Å². The second kappa shape index (κ2) is 17.6. The molecule has 0 saturated carbocycles. The Hall–Kier alpha value is -10.5. The van der Waals surface area contributed by atoms with Crippen molar-refractivity contribution in [2.45, 2.75) is 0 Å². The van der Waals surface area contributed by atoms with Crippen LogP contribution in [0.4, 0.5) is 0 Å². The summed E-state index contributed by atoms with van der Waals surface area (Å²) in [5.74, 6) is 0. The van der Waals surface area contributed by atoms with Crippen LogP contribution >= 0.6 is 45.3 Å². The van der Waals surface area contributed by atoms with E-state index in [1.54, 1.807) is 0 Å². The number of fused-ring (bicyclic) bond motifs is 22. The van der Waals surface area contributed by atoms with Crippen LogP contribution in [-0.4, -0.2) is 8.80 Å². The van der Waals surface area contributed by atoms with E-state index in [1.165, 1.54) is 80.7 Å². The molecule has 0 unspecified atom stereocenters. The maximum atomic E-state index is 7.49. The van der Waals surface area contributed by atoms with Crippen LogP contribution in [0.5, 0.6) is 0 Å². The summed E-state index contributed by atoms with van der Waals surface area (Å²) in [7, 11) is 0. The third-order valence-corrected chi connectivity index (χ3v) is 22.8. The molecule has 13 aromatic carbocycles. The van der Waals surface area contributed by atoms with E-state index in [9.17, 15) is 0 Å². The van der Waals surface area contributed by atoms with Gasteiger partial charge in [0.1, 0.15) is 11.0 Å². The van der Waals surface area contributed by atoms with E-state index in [0.29, 0.717) is 55.7 Å². The molecule has 8 aromatic heterocycles. The topological polar surface area (TPSA) is 61.4 Å². The van der Waals surface area contributed by atoms with E-state index >= 15 is 0 Å². The second-order valence-electron chi connectivity index (χ2n) is 23.1. The molecule has 0 spiro atoms. The highest BCUT2D eigenvalue weighted by Gasteiger charge is 2.28. The molecule has 0 N–H and O–H groups in total. The SMILES string of the molecule is c1ccc2c(c1)sc1ccc(-c3ccc4c(c3)oc3c5oc6cc(-c7ccc8sc9ccccc9c8c7)ccc6n6c7ccc(-c8ccc9sc%10ccccc%10c9c8)cc7oc(c7oc8cc(-c9ccc%10sc%11ccccc%11c%10c9)ccc8n4c37)c56)cc12. The summed E-state index contributed by atoms with van der Waals surface area (Å²) in [6.07, 6.45) is 0. The highest BCUT2D eigenvalue weighted by molar-refractivity contribution is 7.27. The van der Waals surface area contributed by atoms with Crippen molar-refractivity contribution in [3.8, 4) is 44.5 Å². The average molecular weight is 1200 g/mol. The van der Waals surface area contributed by atoms with Crippen LogP contribution in [0.2, 0.25) is 0 Å². The summed E-state index contributed by atoms with van der Waals surface area (Å²) in [5, 5.41) is 10.0. The minimum atomic E-state index is 0.536. The maximum Gasteiger partial charge on any atom is 0.200 e. The Balaban J connectivity index is 0.873. The fourth-order valence-corrected chi connectivity index (χ4v) is 18.4. The average Bonchev–Trinajstić information content (AvgIpc) is 0.961. The van der Waals surface area contributed by atoms with Crippen LogP contribution in [0.15, 0.2) is 260 Å². The third-order valence-electron chi connectivity index (χ3n) is 18.2. The zero-order valence-corrected chi connectivity index (χ0v) is 49.5. The van der Waals surface area contributed by atoms with Gasteiger partial charge in [0.05, 0.1) is 22.1 Å². The first-order valence-electron chi connectivity index (χ1n) is 29.3. The Labute approximate surface area is 513 Å². The summed E-state index contributed by atoms with van der Waals surface area (Å²) >= 11 is 7.31. The smallest absolute Gasteiger partial charge is 0.200 e. The standard InChI is InChI=1S/C78H40N2O4S4/c1-5-13-65-49(9-1)53-33-41(21-29-69(53)85-65)45-17-25-57-61(37-45)81-75-73-77(83-62-38-46(18-26-58(62)79(57)73)42-22-30-70-54(34-42)50-10-2-6-14-66(50)86-70)78-74-76(75)82-63-39-47(43-23-31-71-55(35-43)51-11-3-7-15-67(51)87-71)19-27-59(63)80(74)60-28-20-48(40-64(60)84-78)44-24-32-72-56(36-44)52-12-4-8-16-68(52)88-72/h1-40H. The van der Waals surface area contributed by atoms with Gasteiger partial charge in [0.2, 0.25) is 0 Å². The summed E-state index contributed by atoms with van der Waals surface area (Å²) < 4.78 is 44.7. The van der Waals surface area contributed by atoms with E-state index in [0.717, 1.165) is 66.6 Å². The molecule has 21 rings (SSSR count). The van der Waals surface area contributed by atoms with E-state index in [4.69, 9.17) is 17.7 Å². The van der Waals surface area contributed by atoms with E-state index in [1.807, 2.05) is 45.3 Å². The number of nitrogens with zero attached hydrogens (tertiary/aromatic N) is 2. The molecule has 410 valence electrons. The second-order valence-corrected chi connectivity index (χ2v) is 27.4. The van der Waals surface area contributed by atoms with Crippen LogP contribution in [-0.2, 0) is 0 Å². The number of benzene rings is 13. The van der Waals surface area contributed by atoms with Crippen LogP contribution < -0.4 is 0 Å². The van der Waals surface area contributed by atoms with Crippen LogP contribution in [0, 0.1) is 0 Å². The zero-order chi connectivity index (χ0) is 57.0. The molecule has 6 nitrogen and oxygen atoms in total. The van der Waals surface area contributed by atoms with Gasteiger partial charge in [-0.05, 0) is 166 Å². The van der Waals surface area contributed by atoms with Gasteiger partial charge in [-0.2, -0.15) is 0 Å². The number of aromatic nitrogens is 2. The zero-order valence-electron chi connectivity index (χ0n) is 46.3. The predicted molar refractivity (Wildman–Crippen MR) is 373 cm³/mol. The Morgan fingerprint density at radius 2 is 0.420 bits per heavy atom. The molecule has 0 atom stereocenters. The molecule has 0 aliphatic heterocycles. The summed E-state index contributed by atoms with van der Waals surface area (Å²) in [6.45, 7) is 0. The molecular formula is C78H40N2O4S4. The fourth-order valence-electron chi connectivity index (χ4n) is 14.1. The Kier molecular flexibility index (Phi) is 9.55. The summed E-state index contributed by atoms with van der Waals surface area (Å²) in [4.78, 5) is 0. The van der Waals surface area contributed by atoms with Gasteiger partial charge in [-0.15, -0.1) is 45.3 Å². The lowest BCUT2D eigenvalue weighted by Crippen LogP contribution is -2.02. The third kappa shape index (κ3) is 6.74. The summed E-state index contributed by atoms with van der Waals surface area (Å²) in [6, 6.07) is 88.3. The minimum absolute atomic E-state index is 0.536. The number of rotatable bonds is 4. The first-order chi connectivity index (χ1) is 43.5. The quantitative estimate of drug-likeness (QED) is 0.130. The van der Waals surface area contributed by atoms with E-state index in [2.05, 4.69) is 251 Å². The first-order valence-corrected chi connectivity index (χ1v) is 32.6. The fraction of sp³-hybridized carbons (Fsp3) is 0. The highest BCUT2D eigenvalue weighted by atomic mass is 32.1. The van der Waals surface area contributed by atoms with Gasteiger partial charge in [-0.1, -0.05) is 121 Å². The minimum Gasteiger partial charge on any atom is -0.449 e. The number of hydrogen-bond donors (Lipinski definition) is 0. The predicted octanol–water partition coefficient (Wildman–Crippen LogP) is 24.7. The lowest BCUT2D eigenvalue weighted by molar-refractivity contribution is 0.597. The molecule has 0 amide bonds. The highest BCUT2D eigenvalue weighted by Crippen LogP contribution is 2.47. The largest absolute Gasteiger partial charge is 0.449 e. The molecule has 0 saturated heterocycles. The van der Waals surface area contributed by atoms with Gasteiger partial charge in [0.15, 0.2) is 44.7 Å². The van der Waals surface area contributed by atoms with Gasteiger partial charge in [0.25, 0.3) is 0 Å². The van der Waals surface area contributed by atoms with Gasteiger partial charge in [0, 0.05) is 80.7 Å². The lowest BCUT2D eigenvalue weighted by atomic mass is 10.0. The Morgan fingerprint density at radius 3 is 0.682 bits per heavy atom. The van der Waals surface area contributed by atoms with Crippen molar-refractivity contribution < 1.29 is 17.7 Å².